The standard InChI is InChI=1S/C12H9Cl2N3O2S2/c13-10-4-9(11(14)20-10)21(18,19)17-6-7-5-16-12-8(7)2-1-3-15-12/h1-5,17H,6H2,(H,15,16). The van der Waals surface area contributed by atoms with Crippen molar-refractivity contribution in [3.8, 4) is 0 Å². The van der Waals surface area contributed by atoms with Gasteiger partial charge in [0.15, 0.2) is 0 Å². The number of fused-ring (bicyclic) bond motifs is 1. The molecule has 3 heterocycles. The molecule has 110 valence electrons. The zero-order chi connectivity index (χ0) is 15.0. The number of thiophene rings is 1. The molecule has 0 aliphatic heterocycles. The number of hydrogen-bond donors (Lipinski definition) is 2. The fraction of sp³-hybridized carbons (Fsp3) is 0.0833. The van der Waals surface area contributed by atoms with E-state index in [4.69, 9.17) is 23.2 Å². The van der Waals surface area contributed by atoms with E-state index in [-0.39, 0.29) is 15.8 Å². The van der Waals surface area contributed by atoms with Crippen LogP contribution in [0.3, 0.4) is 0 Å². The number of H-pyrrole nitrogens is 1. The molecule has 0 aromatic carbocycles. The van der Waals surface area contributed by atoms with Gasteiger partial charge in [-0.1, -0.05) is 23.2 Å². The van der Waals surface area contributed by atoms with E-state index in [1.54, 1.807) is 18.5 Å². The van der Waals surface area contributed by atoms with Gasteiger partial charge in [0.25, 0.3) is 0 Å². The smallest absolute Gasteiger partial charge is 0.243 e. The number of aromatic amines is 1. The van der Waals surface area contributed by atoms with Crippen molar-refractivity contribution in [1.82, 2.24) is 14.7 Å². The molecule has 2 N–H and O–H groups in total. The Kier molecular flexibility index (Phi) is 3.94. The predicted octanol–water partition coefficient (Wildman–Crippen LogP) is 3.41. The average Bonchev–Trinajstić information content (AvgIpc) is 3.00. The van der Waals surface area contributed by atoms with E-state index in [0.717, 1.165) is 22.3 Å². The molecule has 3 aromatic heterocycles. The Balaban J connectivity index is 1.85. The van der Waals surface area contributed by atoms with Crippen molar-refractivity contribution in [2.45, 2.75) is 11.4 Å². The number of sulfonamides is 1. The summed E-state index contributed by atoms with van der Waals surface area (Å²) in [4.78, 5) is 7.14. The highest BCUT2D eigenvalue weighted by molar-refractivity contribution is 7.89. The number of nitrogens with one attached hydrogen (secondary N) is 2. The van der Waals surface area contributed by atoms with Crippen molar-refractivity contribution in [2.24, 2.45) is 0 Å². The number of halogens is 2. The van der Waals surface area contributed by atoms with Gasteiger partial charge in [0, 0.05) is 24.3 Å². The highest BCUT2D eigenvalue weighted by atomic mass is 35.5. The summed E-state index contributed by atoms with van der Waals surface area (Å²) in [5.41, 5.74) is 1.52. The van der Waals surface area contributed by atoms with E-state index in [9.17, 15) is 8.42 Å². The van der Waals surface area contributed by atoms with Crippen LogP contribution in [0.4, 0.5) is 0 Å². The number of aromatic nitrogens is 2. The van der Waals surface area contributed by atoms with Gasteiger partial charge in [-0.25, -0.2) is 18.1 Å². The first kappa shape index (κ1) is 14.8. The van der Waals surface area contributed by atoms with E-state index in [1.807, 2.05) is 6.07 Å². The first-order valence-corrected chi connectivity index (χ1v) is 8.88. The van der Waals surface area contributed by atoms with Crippen LogP contribution in [0.1, 0.15) is 5.56 Å². The summed E-state index contributed by atoms with van der Waals surface area (Å²) in [7, 11) is -3.71. The Hall–Kier alpha value is -1.12. The molecule has 0 saturated carbocycles. The normalized spacial score (nSPS) is 12.1. The Morgan fingerprint density at radius 2 is 2.19 bits per heavy atom. The van der Waals surface area contributed by atoms with E-state index < -0.39 is 10.0 Å². The minimum Gasteiger partial charge on any atom is -0.346 e. The van der Waals surface area contributed by atoms with Crippen molar-refractivity contribution in [1.29, 1.82) is 0 Å². The number of nitrogens with zero attached hydrogens (tertiary/aromatic N) is 1. The Labute approximate surface area is 135 Å². The maximum Gasteiger partial charge on any atom is 0.243 e. The van der Waals surface area contributed by atoms with E-state index in [2.05, 4.69) is 14.7 Å². The van der Waals surface area contributed by atoms with Crippen molar-refractivity contribution < 1.29 is 8.42 Å². The molecule has 0 aliphatic rings. The minimum atomic E-state index is -3.71. The molecule has 9 heteroatoms. The molecule has 0 atom stereocenters. The maximum absolute atomic E-state index is 12.2. The lowest BCUT2D eigenvalue weighted by Gasteiger charge is -2.04. The SMILES string of the molecule is O=S(=O)(NCc1c[nH]c2ncccc12)c1cc(Cl)sc1Cl. The highest BCUT2D eigenvalue weighted by Crippen LogP contribution is 2.34. The van der Waals surface area contributed by atoms with E-state index in [0.29, 0.717) is 9.98 Å². The maximum atomic E-state index is 12.2. The lowest BCUT2D eigenvalue weighted by molar-refractivity contribution is 0.582. The number of hydrogen-bond acceptors (Lipinski definition) is 4. The Bertz CT molecular complexity index is 902. The second-order valence-electron chi connectivity index (χ2n) is 4.23. The quantitative estimate of drug-likeness (QED) is 0.747. The lowest BCUT2D eigenvalue weighted by atomic mass is 10.2. The topological polar surface area (TPSA) is 74.8 Å². The van der Waals surface area contributed by atoms with Gasteiger partial charge in [-0.05, 0) is 23.8 Å². The van der Waals surface area contributed by atoms with Crippen LogP contribution in [-0.4, -0.2) is 18.4 Å². The third-order valence-electron chi connectivity index (χ3n) is 2.90. The molecule has 0 bridgehead atoms. The number of rotatable bonds is 4. The first-order chi connectivity index (χ1) is 9.97. The molecule has 0 fully saturated rings. The molecule has 0 unspecified atom stereocenters. The molecule has 0 radical (unpaired) electrons. The second-order valence-corrected chi connectivity index (χ2v) is 8.25. The molecule has 0 spiro atoms. The molecule has 21 heavy (non-hydrogen) atoms. The van der Waals surface area contributed by atoms with Crippen LogP contribution in [-0.2, 0) is 16.6 Å². The van der Waals surface area contributed by atoms with Gasteiger partial charge in [-0.2, -0.15) is 0 Å². The van der Waals surface area contributed by atoms with Gasteiger partial charge in [0.1, 0.15) is 14.9 Å². The third-order valence-corrected chi connectivity index (χ3v) is 6.06. The summed E-state index contributed by atoms with van der Waals surface area (Å²) in [6.07, 6.45) is 3.39. The van der Waals surface area contributed by atoms with Gasteiger partial charge >= 0.3 is 0 Å². The zero-order valence-electron chi connectivity index (χ0n) is 10.4. The van der Waals surface area contributed by atoms with Crippen LogP contribution in [0.5, 0.6) is 0 Å². The summed E-state index contributed by atoms with van der Waals surface area (Å²) < 4.78 is 27.4. The molecular formula is C12H9Cl2N3O2S2. The summed E-state index contributed by atoms with van der Waals surface area (Å²) in [6, 6.07) is 5.01. The molecular weight excluding hydrogens is 353 g/mol. The van der Waals surface area contributed by atoms with Crippen molar-refractivity contribution >= 4 is 55.6 Å². The van der Waals surface area contributed by atoms with E-state index >= 15 is 0 Å². The fourth-order valence-corrected chi connectivity index (χ4v) is 5.07. The van der Waals surface area contributed by atoms with Crippen LogP contribution >= 0.6 is 34.5 Å². The lowest BCUT2D eigenvalue weighted by Crippen LogP contribution is -2.22. The zero-order valence-corrected chi connectivity index (χ0v) is 13.6. The van der Waals surface area contributed by atoms with Crippen LogP contribution < -0.4 is 4.72 Å². The van der Waals surface area contributed by atoms with Gasteiger partial charge in [0.2, 0.25) is 10.0 Å². The number of pyridine rings is 1. The second kappa shape index (κ2) is 5.58. The van der Waals surface area contributed by atoms with Gasteiger partial charge in [-0.15, -0.1) is 11.3 Å². The van der Waals surface area contributed by atoms with Crippen LogP contribution in [0.2, 0.25) is 8.67 Å². The Morgan fingerprint density at radius 1 is 1.38 bits per heavy atom. The largest absolute Gasteiger partial charge is 0.346 e. The highest BCUT2D eigenvalue weighted by Gasteiger charge is 2.21. The van der Waals surface area contributed by atoms with Gasteiger partial charge < -0.3 is 4.98 Å². The average molecular weight is 362 g/mol. The third kappa shape index (κ3) is 2.93. The Morgan fingerprint density at radius 3 is 2.90 bits per heavy atom. The predicted molar refractivity (Wildman–Crippen MR) is 84.5 cm³/mol. The van der Waals surface area contributed by atoms with Gasteiger partial charge in [0.05, 0.1) is 4.34 Å². The minimum absolute atomic E-state index is 0.00265. The monoisotopic (exact) mass is 361 g/mol. The molecule has 5 nitrogen and oxygen atoms in total. The van der Waals surface area contributed by atoms with Gasteiger partial charge in [-0.3, -0.25) is 0 Å². The van der Waals surface area contributed by atoms with Crippen molar-refractivity contribution in [2.75, 3.05) is 0 Å². The molecule has 3 aromatic rings. The fourth-order valence-electron chi connectivity index (χ4n) is 1.92. The van der Waals surface area contributed by atoms with E-state index in [1.165, 1.54) is 6.07 Å². The first-order valence-electron chi connectivity index (χ1n) is 5.83. The summed E-state index contributed by atoms with van der Waals surface area (Å²) >= 11 is 12.7. The van der Waals surface area contributed by atoms with Crippen LogP contribution in [0, 0.1) is 0 Å². The molecule has 0 aliphatic carbocycles. The molecule has 0 amide bonds. The van der Waals surface area contributed by atoms with Crippen molar-refractivity contribution in [3.05, 3.63) is 44.8 Å². The molecule has 3 rings (SSSR count). The molecule has 0 saturated heterocycles. The van der Waals surface area contributed by atoms with Crippen molar-refractivity contribution in [3.63, 3.8) is 0 Å². The van der Waals surface area contributed by atoms with Crippen LogP contribution in [0.15, 0.2) is 35.5 Å². The summed E-state index contributed by atoms with van der Waals surface area (Å²) in [6.45, 7) is 0.137. The summed E-state index contributed by atoms with van der Waals surface area (Å²) in [5.74, 6) is 0. The summed E-state index contributed by atoms with van der Waals surface area (Å²) in [5, 5.41) is 0.870. The van der Waals surface area contributed by atoms with Crippen LogP contribution in [0.25, 0.3) is 11.0 Å².